The summed E-state index contributed by atoms with van der Waals surface area (Å²) in [6, 6.07) is 13.4. The van der Waals surface area contributed by atoms with Gasteiger partial charge in [0.2, 0.25) is 0 Å². The molecule has 3 aromatic rings. The molecule has 1 amide bonds. The van der Waals surface area contributed by atoms with Gasteiger partial charge in [-0.05, 0) is 18.1 Å². The summed E-state index contributed by atoms with van der Waals surface area (Å²) in [5.74, 6) is -0.200. The fourth-order valence-corrected chi connectivity index (χ4v) is 2.85. The molecule has 0 bridgehead atoms. The van der Waals surface area contributed by atoms with Crippen molar-refractivity contribution in [2.75, 3.05) is 13.6 Å². The van der Waals surface area contributed by atoms with Crippen LogP contribution in [0.15, 0.2) is 42.5 Å². The van der Waals surface area contributed by atoms with E-state index in [-0.39, 0.29) is 11.7 Å². The Kier molecular flexibility index (Phi) is 4.51. The van der Waals surface area contributed by atoms with Crippen LogP contribution in [0.2, 0.25) is 0 Å². The van der Waals surface area contributed by atoms with Gasteiger partial charge in [0.05, 0.1) is 16.8 Å². The minimum Gasteiger partial charge on any atom is -0.507 e. The van der Waals surface area contributed by atoms with Gasteiger partial charge in [0.15, 0.2) is 0 Å². The first-order chi connectivity index (χ1) is 11.6. The molecule has 5 heteroatoms. The van der Waals surface area contributed by atoms with Crippen molar-refractivity contribution in [1.29, 1.82) is 0 Å². The van der Waals surface area contributed by atoms with Crippen molar-refractivity contribution in [3.05, 3.63) is 59.3 Å². The molecule has 2 aromatic carbocycles. The summed E-state index contributed by atoms with van der Waals surface area (Å²) < 4.78 is 0. The number of nitrogens with one attached hydrogen (secondary N) is 1. The standard InChI is InChI=1S/C19H21N3O2/c1-3-9-22(2)19(24)15-11-14-16(10-13-7-5-4-6-8-13)20-21-17(14)12-18(15)23/h4-8,11-12,23H,3,9-10H2,1-2H3,(H,20,21). The third-order valence-corrected chi connectivity index (χ3v) is 4.11. The summed E-state index contributed by atoms with van der Waals surface area (Å²) in [4.78, 5) is 14.1. The minimum absolute atomic E-state index is 0.0228. The molecule has 1 aromatic heterocycles. The van der Waals surface area contributed by atoms with Crippen molar-refractivity contribution in [3.63, 3.8) is 0 Å². The topological polar surface area (TPSA) is 69.2 Å². The van der Waals surface area contributed by atoms with Crippen LogP contribution in [0.3, 0.4) is 0 Å². The molecule has 5 nitrogen and oxygen atoms in total. The second-order valence-corrected chi connectivity index (χ2v) is 5.97. The number of rotatable bonds is 5. The fourth-order valence-electron chi connectivity index (χ4n) is 2.85. The summed E-state index contributed by atoms with van der Waals surface area (Å²) in [5.41, 5.74) is 3.06. The van der Waals surface area contributed by atoms with Crippen LogP contribution in [-0.2, 0) is 6.42 Å². The smallest absolute Gasteiger partial charge is 0.257 e. The maximum absolute atomic E-state index is 12.5. The quantitative estimate of drug-likeness (QED) is 0.756. The first-order valence-corrected chi connectivity index (χ1v) is 8.09. The monoisotopic (exact) mass is 323 g/mol. The highest BCUT2D eigenvalue weighted by atomic mass is 16.3. The molecule has 0 aliphatic heterocycles. The maximum atomic E-state index is 12.5. The number of hydrogen-bond donors (Lipinski definition) is 2. The Balaban J connectivity index is 1.99. The van der Waals surface area contributed by atoms with Gasteiger partial charge in [0.1, 0.15) is 5.75 Å². The predicted octanol–water partition coefficient (Wildman–Crippen LogP) is 3.34. The van der Waals surface area contributed by atoms with E-state index in [0.29, 0.717) is 18.5 Å². The largest absolute Gasteiger partial charge is 0.507 e. The molecule has 0 fully saturated rings. The molecule has 0 saturated carbocycles. The van der Waals surface area contributed by atoms with E-state index in [2.05, 4.69) is 10.2 Å². The van der Waals surface area contributed by atoms with Crippen molar-refractivity contribution in [1.82, 2.24) is 15.1 Å². The Morgan fingerprint density at radius 2 is 2.00 bits per heavy atom. The number of phenolic OH excluding ortho intramolecular Hbond substituents is 1. The molecule has 0 saturated heterocycles. The molecule has 1 heterocycles. The number of H-pyrrole nitrogens is 1. The molecular weight excluding hydrogens is 302 g/mol. The van der Waals surface area contributed by atoms with E-state index in [1.165, 1.54) is 0 Å². The van der Waals surface area contributed by atoms with E-state index >= 15 is 0 Å². The molecule has 0 atom stereocenters. The van der Waals surface area contributed by atoms with Crippen LogP contribution in [0.25, 0.3) is 10.9 Å². The summed E-state index contributed by atoms with van der Waals surface area (Å²) >= 11 is 0. The first kappa shape index (κ1) is 16.1. The van der Waals surface area contributed by atoms with Crippen molar-refractivity contribution in [3.8, 4) is 5.75 Å². The number of aromatic amines is 1. The number of fused-ring (bicyclic) bond motifs is 1. The van der Waals surface area contributed by atoms with Crippen LogP contribution in [0.4, 0.5) is 0 Å². The maximum Gasteiger partial charge on any atom is 0.257 e. The molecule has 24 heavy (non-hydrogen) atoms. The zero-order valence-electron chi connectivity index (χ0n) is 13.9. The lowest BCUT2D eigenvalue weighted by atomic mass is 10.0. The van der Waals surface area contributed by atoms with Gasteiger partial charge >= 0.3 is 0 Å². The van der Waals surface area contributed by atoms with Crippen LogP contribution in [-0.4, -0.2) is 39.7 Å². The number of amides is 1. The number of aromatic nitrogens is 2. The van der Waals surface area contributed by atoms with Gasteiger partial charge in [-0.2, -0.15) is 5.10 Å². The number of hydrogen-bond acceptors (Lipinski definition) is 3. The predicted molar refractivity (Wildman–Crippen MR) is 94.3 cm³/mol. The Bertz CT molecular complexity index is 856. The van der Waals surface area contributed by atoms with E-state index in [9.17, 15) is 9.90 Å². The molecule has 0 radical (unpaired) electrons. The SMILES string of the molecule is CCCN(C)C(=O)c1cc2c(Cc3ccccc3)n[nH]c2cc1O. The normalized spacial score (nSPS) is 10.9. The Labute approximate surface area is 140 Å². The van der Waals surface area contributed by atoms with E-state index in [0.717, 1.165) is 28.6 Å². The van der Waals surface area contributed by atoms with E-state index in [1.807, 2.05) is 37.3 Å². The molecule has 0 unspecified atom stereocenters. The molecule has 0 aliphatic carbocycles. The molecule has 0 aliphatic rings. The number of nitrogens with zero attached hydrogens (tertiary/aromatic N) is 2. The van der Waals surface area contributed by atoms with Crippen LogP contribution in [0, 0.1) is 0 Å². The number of carbonyl (C=O) groups is 1. The average Bonchev–Trinajstić information content (AvgIpc) is 2.96. The zero-order valence-corrected chi connectivity index (χ0v) is 13.9. The van der Waals surface area contributed by atoms with Gasteiger partial charge in [0.25, 0.3) is 5.91 Å². The van der Waals surface area contributed by atoms with Gasteiger partial charge in [-0.15, -0.1) is 0 Å². The van der Waals surface area contributed by atoms with Crippen molar-refractivity contribution >= 4 is 16.8 Å². The third-order valence-electron chi connectivity index (χ3n) is 4.11. The van der Waals surface area contributed by atoms with Crippen LogP contribution in [0.1, 0.15) is 35.0 Å². The van der Waals surface area contributed by atoms with E-state index < -0.39 is 0 Å². The van der Waals surface area contributed by atoms with Crippen molar-refractivity contribution in [2.24, 2.45) is 0 Å². The van der Waals surface area contributed by atoms with Crippen LogP contribution >= 0.6 is 0 Å². The number of benzene rings is 2. The second-order valence-electron chi connectivity index (χ2n) is 5.97. The van der Waals surface area contributed by atoms with Crippen molar-refractivity contribution in [2.45, 2.75) is 19.8 Å². The van der Waals surface area contributed by atoms with Gasteiger partial charge in [-0.1, -0.05) is 37.3 Å². The van der Waals surface area contributed by atoms with Crippen LogP contribution in [0.5, 0.6) is 5.75 Å². The lowest BCUT2D eigenvalue weighted by Gasteiger charge is -2.16. The second kappa shape index (κ2) is 6.74. The summed E-state index contributed by atoms with van der Waals surface area (Å²) in [6.07, 6.45) is 1.54. The Morgan fingerprint density at radius 1 is 1.25 bits per heavy atom. The highest BCUT2D eigenvalue weighted by molar-refractivity contribution is 6.01. The Morgan fingerprint density at radius 3 is 2.71 bits per heavy atom. The summed E-state index contributed by atoms with van der Waals surface area (Å²) in [5, 5.41) is 18.4. The third kappa shape index (κ3) is 3.11. The number of carbonyl (C=O) groups excluding carboxylic acids is 1. The van der Waals surface area contributed by atoms with Gasteiger partial charge in [-0.25, -0.2) is 0 Å². The van der Waals surface area contributed by atoms with Gasteiger partial charge in [0, 0.05) is 31.5 Å². The molecular formula is C19H21N3O2. The highest BCUT2D eigenvalue weighted by Crippen LogP contribution is 2.28. The molecule has 0 spiro atoms. The summed E-state index contributed by atoms with van der Waals surface area (Å²) in [7, 11) is 1.75. The molecule has 3 rings (SSSR count). The highest BCUT2D eigenvalue weighted by Gasteiger charge is 2.18. The lowest BCUT2D eigenvalue weighted by molar-refractivity contribution is 0.0792. The Hall–Kier alpha value is -2.82. The minimum atomic E-state index is -0.178. The molecule has 124 valence electrons. The first-order valence-electron chi connectivity index (χ1n) is 8.09. The van der Waals surface area contributed by atoms with E-state index in [4.69, 9.17) is 0 Å². The lowest BCUT2D eigenvalue weighted by Crippen LogP contribution is -2.27. The van der Waals surface area contributed by atoms with Crippen LogP contribution < -0.4 is 0 Å². The summed E-state index contributed by atoms with van der Waals surface area (Å²) in [6.45, 7) is 2.67. The molecule has 2 N–H and O–H groups in total. The van der Waals surface area contributed by atoms with Crippen molar-refractivity contribution < 1.29 is 9.90 Å². The van der Waals surface area contributed by atoms with Gasteiger partial charge in [-0.3, -0.25) is 9.89 Å². The van der Waals surface area contributed by atoms with Gasteiger partial charge < -0.3 is 10.0 Å². The average molecular weight is 323 g/mol. The number of phenols is 1. The fraction of sp³-hybridized carbons (Fsp3) is 0.263. The number of aromatic hydroxyl groups is 1. The van der Waals surface area contributed by atoms with E-state index in [1.54, 1.807) is 24.1 Å². The zero-order chi connectivity index (χ0) is 17.1.